The van der Waals surface area contributed by atoms with Crippen molar-refractivity contribution < 1.29 is 9.47 Å². The van der Waals surface area contributed by atoms with Crippen molar-refractivity contribution >= 4 is 0 Å². The van der Waals surface area contributed by atoms with Gasteiger partial charge in [-0.2, -0.15) is 4.98 Å². The summed E-state index contributed by atoms with van der Waals surface area (Å²) in [5, 5.41) is 0. The molecule has 0 saturated heterocycles. The lowest BCUT2D eigenvalue weighted by Gasteiger charge is -2.09. The second-order valence-corrected chi connectivity index (χ2v) is 3.58. The highest BCUT2D eigenvalue weighted by atomic mass is 16.5. The molecule has 0 aliphatic carbocycles. The summed E-state index contributed by atoms with van der Waals surface area (Å²) in [4.78, 5) is 8.48. The predicted octanol–water partition coefficient (Wildman–Crippen LogP) is 2.47. The molecule has 1 heterocycles. The molecule has 4 nitrogen and oxygen atoms in total. The van der Waals surface area contributed by atoms with E-state index in [0.29, 0.717) is 6.01 Å². The maximum absolute atomic E-state index is 5.31. The molecular formula is C13H14N2O2. The Morgan fingerprint density at radius 3 is 2.47 bits per heavy atom. The zero-order chi connectivity index (χ0) is 12.3. The lowest BCUT2D eigenvalue weighted by Crippen LogP contribution is -1.97. The third kappa shape index (κ3) is 2.36. The lowest BCUT2D eigenvalue weighted by molar-refractivity contribution is 0.379. The Morgan fingerprint density at radius 1 is 1.00 bits per heavy atom. The highest BCUT2D eigenvalue weighted by molar-refractivity contribution is 5.67. The van der Waals surface area contributed by atoms with Gasteiger partial charge < -0.3 is 9.47 Å². The summed E-state index contributed by atoms with van der Waals surface area (Å²) in [5.74, 6) is 0.785. The molecule has 0 unspecified atom stereocenters. The number of nitrogens with zero attached hydrogens (tertiary/aromatic N) is 2. The van der Waals surface area contributed by atoms with Gasteiger partial charge in [-0.15, -0.1) is 0 Å². The van der Waals surface area contributed by atoms with Crippen molar-refractivity contribution in [3.8, 4) is 23.0 Å². The smallest absolute Gasteiger partial charge is 0.316 e. The minimum atomic E-state index is 0.367. The van der Waals surface area contributed by atoms with Crippen LogP contribution in [-0.4, -0.2) is 24.2 Å². The average molecular weight is 230 g/mol. The third-order valence-electron chi connectivity index (χ3n) is 2.40. The van der Waals surface area contributed by atoms with Crippen LogP contribution in [-0.2, 0) is 0 Å². The summed E-state index contributed by atoms with van der Waals surface area (Å²) in [6, 6.07) is 10.0. The van der Waals surface area contributed by atoms with E-state index in [-0.39, 0.29) is 0 Å². The number of aryl methyl sites for hydroxylation is 1. The number of para-hydroxylation sites is 1. The van der Waals surface area contributed by atoms with Crippen molar-refractivity contribution in [3.05, 3.63) is 36.0 Å². The summed E-state index contributed by atoms with van der Waals surface area (Å²) in [6.07, 6.45) is 0. The van der Waals surface area contributed by atoms with Crippen LogP contribution in [0, 0.1) is 6.92 Å². The van der Waals surface area contributed by atoms with Crippen molar-refractivity contribution in [1.29, 1.82) is 0 Å². The SMILES string of the molecule is COc1nc(C)cc(-c2ccccc2OC)n1. The van der Waals surface area contributed by atoms with Gasteiger partial charge in [-0.25, -0.2) is 4.98 Å². The van der Waals surface area contributed by atoms with Gasteiger partial charge in [0.05, 0.1) is 19.9 Å². The van der Waals surface area contributed by atoms with E-state index in [4.69, 9.17) is 9.47 Å². The van der Waals surface area contributed by atoms with Crippen molar-refractivity contribution in [2.24, 2.45) is 0 Å². The van der Waals surface area contributed by atoms with Gasteiger partial charge in [0.1, 0.15) is 5.75 Å². The van der Waals surface area contributed by atoms with E-state index in [2.05, 4.69) is 9.97 Å². The molecule has 0 spiro atoms. The number of rotatable bonds is 3. The summed E-state index contributed by atoms with van der Waals surface area (Å²) < 4.78 is 10.4. The van der Waals surface area contributed by atoms with Crippen molar-refractivity contribution in [1.82, 2.24) is 9.97 Å². The van der Waals surface area contributed by atoms with E-state index < -0.39 is 0 Å². The minimum Gasteiger partial charge on any atom is -0.496 e. The van der Waals surface area contributed by atoms with Gasteiger partial charge in [0.25, 0.3) is 0 Å². The normalized spacial score (nSPS) is 10.1. The summed E-state index contributed by atoms with van der Waals surface area (Å²) >= 11 is 0. The highest BCUT2D eigenvalue weighted by Crippen LogP contribution is 2.29. The van der Waals surface area contributed by atoms with Crippen LogP contribution in [0.1, 0.15) is 5.69 Å². The van der Waals surface area contributed by atoms with Gasteiger partial charge >= 0.3 is 6.01 Å². The van der Waals surface area contributed by atoms with E-state index >= 15 is 0 Å². The number of hydrogen-bond acceptors (Lipinski definition) is 4. The number of benzene rings is 1. The van der Waals surface area contributed by atoms with Crippen LogP contribution in [0.3, 0.4) is 0 Å². The minimum absolute atomic E-state index is 0.367. The maximum atomic E-state index is 5.31. The van der Waals surface area contributed by atoms with Crippen LogP contribution < -0.4 is 9.47 Å². The van der Waals surface area contributed by atoms with Gasteiger partial charge in [-0.05, 0) is 25.1 Å². The van der Waals surface area contributed by atoms with Crippen LogP contribution in [0.5, 0.6) is 11.8 Å². The molecule has 1 aromatic heterocycles. The molecule has 0 atom stereocenters. The Labute approximate surface area is 100 Å². The molecular weight excluding hydrogens is 216 g/mol. The maximum Gasteiger partial charge on any atom is 0.316 e. The summed E-state index contributed by atoms with van der Waals surface area (Å²) in [5.41, 5.74) is 2.59. The topological polar surface area (TPSA) is 44.2 Å². The Bertz CT molecular complexity index is 527. The lowest BCUT2D eigenvalue weighted by atomic mass is 10.1. The average Bonchev–Trinajstić information content (AvgIpc) is 2.37. The van der Waals surface area contributed by atoms with E-state index in [1.807, 2.05) is 37.3 Å². The zero-order valence-electron chi connectivity index (χ0n) is 10.1. The summed E-state index contributed by atoms with van der Waals surface area (Å²) in [7, 11) is 3.20. The fourth-order valence-corrected chi connectivity index (χ4v) is 1.63. The molecule has 17 heavy (non-hydrogen) atoms. The fourth-order valence-electron chi connectivity index (χ4n) is 1.63. The molecule has 0 saturated carbocycles. The highest BCUT2D eigenvalue weighted by Gasteiger charge is 2.09. The molecule has 2 rings (SSSR count). The van der Waals surface area contributed by atoms with Crippen LogP contribution >= 0.6 is 0 Å². The van der Waals surface area contributed by atoms with E-state index in [1.54, 1.807) is 14.2 Å². The van der Waals surface area contributed by atoms with E-state index in [1.165, 1.54) is 0 Å². The summed E-state index contributed by atoms with van der Waals surface area (Å²) in [6.45, 7) is 1.91. The van der Waals surface area contributed by atoms with Gasteiger partial charge in [-0.1, -0.05) is 12.1 Å². The van der Waals surface area contributed by atoms with Crippen LogP contribution in [0.25, 0.3) is 11.3 Å². The monoisotopic (exact) mass is 230 g/mol. The van der Waals surface area contributed by atoms with Gasteiger partial charge in [-0.3, -0.25) is 0 Å². The molecule has 2 aromatic rings. The number of methoxy groups -OCH3 is 2. The second kappa shape index (κ2) is 4.82. The molecule has 0 aliphatic rings. The van der Waals surface area contributed by atoms with Crippen molar-refractivity contribution in [2.45, 2.75) is 6.92 Å². The number of aromatic nitrogens is 2. The number of hydrogen-bond donors (Lipinski definition) is 0. The van der Waals surface area contributed by atoms with E-state index in [9.17, 15) is 0 Å². The first kappa shape index (κ1) is 11.4. The third-order valence-corrected chi connectivity index (χ3v) is 2.40. The molecule has 0 fully saturated rings. The second-order valence-electron chi connectivity index (χ2n) is 3.58. The largest absolute Gasteiger partial charge is 0.496 e. The molecule has 1 aromatic carbocycles. The molecule has 88 valence electrons. The Hall–Kier alpha value is -2.10. The molecule has 0 aliphatic heterocycles. The van der Waals surface area contributed by atoms with Gasteiger partial charge in [0, 0.05) is 11.3 Å². The van der Waals surface area contributed by atoms with Gasteiger partial charge in [0.2, 0.25) is 0 Å². The van der Waals surface area contributed by atoms with Crippen LogP contribution in [0.4, 0.5) is 0 Å². The molecule has 0 bridgehead atoms. The Balaban J connectivity index is 2.55. The number of ether oxygens (including phenoxy) is 2. The first-order valence-electron chi connectivity index (χ1n) is 5.27. The zero-order valence-corrected chi connectivity index (χ0v) is 10.1. The van der Waals surface area contributed by atoms with Crippen molar-refractivity contribution in [3.63, 3.8) is 0 Å². The Morgan fingerprint density at radius 2 is 1.76 bits per heavy atom. The predicted molar refractivity (Wildman–Crippen MR) is 65.3 cm³/mol. The molecule has 0 amide bonds. The van der Waals surface area contributed by atoms with Crippen LogP contribution in [0.15, 0.2) is 30.3 Å². The first-order valence-corrected chi connectivity index (χ1v) is 5.27. The molecule has 4 heteroatoms. The standard InChI is InChI=1S/C13H14N2O2/c1-9-8-11(15-13(14-9)17-3)10-6-4-5-7-12(10)16-2/h4-8H,1-3H3. The van der Waals surface area contributed by atoms with Crippen molar-refractivity contribution in [2.75, 3.05) is 14.2 Å². The van der Waals surface area contributed by atoms with E-state index in [0.717, 1.165) is 22.7 Å². The van der Waals surface area contributed by atoms with Gasteiger partial charge in [0.15, 0.2) is 0 Å². The van der Waals surface area contributed by atoms with Crippen LogP contribution in [0.2, 0.25) is 0 Å². The fraction of sp³-hybridized carbons (Fsp3) is 0.231. The molecule has 0 N–H and O–H groups in total. The first-order chi connectivity index (χ1) is 8.24. The quantitative estimate of drug-likeness (QED) is 0.812. The Kier molecular flexibility index (Phi) is 3.23. The molecule has 0 radical (unpaired) electrons.